The van der Waals surface area contributed by atoms with Crippen LogP contribution < -0.4 is 5.73 Å². The fourth-order valence-electron chi connectivity index (χ4n) is 2.71. The Morgan fingerprint density at radius 1 is 1.26 bits per heavy atom. The predicted octanol–water partition coefficient (Wildman–Crippen LogP) is 0.908. The average molecular weight is 263 g/mol. The molecule has 0 radical (unpaired) electrons. The molecule has 19 heavy (non-hydrogen) atoms. The van der Waals surface area contributed by atoms with Crippen molar-refractivity contribution >= 4 is 0 Å². The van der Waals surface area contributed by atoms with Crippen molar-refractivity contribution in [2.75, 3.05) is 40.3 Å². The largest absolute Gasteiger partial charge is 0.380 e. The fraction of sp³-hybridized carbons (Fsp3) is 0.600. The van der Waals surface area contributed by atoms with Crippen molar-refractivity contribution in [2.24, 2.45) is 5.73 Å². The summed E-state index contributed by atoms with van der Waals surface area (Å²) in [5.41, 5.74) is 8.54. The lowest BCUT2D eigenvalue weighted by Crippen LogP contribution is -2.54. The van der Waals surface area contributed by atoms with Crippen LogP contribution in [0.4, 0.5) is 0 Å². The third-order valence-corrected chi connectivity index (χ3v) is 3.87. The van der Waals surface area contributed by atoms with E-state index < -0.39 is 0 Å². The van der Waals surface area contributed by atoms with E-state index in [1.165, 1.54) is 11.1 Å². The summed E-state index contributed by atoms with van der Waals surface area (Å²) in [5.74, 6) is 0. The van der Waals surface area contributed by atoms with E-state index in [4.69, 9.17) is 10.5 Å². The van der Waals surface area contributed by atoms with Gasteiger partial charge in [-0.2, -0.15) is 0 Å². The van der Waals surface area contributed by atoms with Crippen LogP contribution in [0.1, 0.15) is 11.1 Å². The minimum Gasteiger partial charge on any atom is -0.380 e. The van der Waals surface area contributed by atoms with E-state index in [9.17, 15) is 0 Å². The molecule has 1 saturated heterocycles. The molecule has 1 heterocycles. The van der Waals surface area contributed by atoms with Gasteiger partial charge in [0, 0.05) is 45.9 Å². The molecule has 0 amide bonds. The highest BCUT2D eigenvalue weighted by Gasteiger charge is 2.24. The molecule has 1 aromatic carbocycles. The zero-order valence-electron chi connectivity index (χ0n) is 12.0. The average Bonchev–Trinajstić information content (AvgIpc) is 2.43. The first kappa shape index (κ1) is 14.5. The Kier molecular flexibility index (Phi) is 5.34. The SMILES string of the molecule is COCc1ccccc1CN1CCN(C)CC1CN. The van der Waals surface area contributed by atoms with Gasteiger partial charge in [-0.15, -0.1) is 0 Å². The van der Waals surface area contributed by atoms with Crippen LogP contribution in [-0.4, -0.2) is 56.2 Å². The van der Waals surface area contributed by atoms with Crippen molar-refractivity contribution < 1.29 is 4.74 Å². The number of piperazine rings is 1. The van der Waals surface area contributed by atoms with Crippen LogP contribution in [0, 0.1) is 0 Å². The van der Waals surface area contributed by atoms with Crippen molar-refractivity contribution in [3.8, 4) is 0 Å². The van der Waals surface area contributed by atoms with Crippen molar-refractivity contribution in [1.82, 2.24) is 9.80 Å². The van der Waals surface area contributed by atoms with Gasteiger partial charge < -0.3 is 15.4 Å². The topological polar surface area (TPSA) is 41.7 Å². The van der Waals surface area contributed by atoms with E-state index in [1.54, 1.807) is 7.11 Å². The molecule has 0 aromatic heterocycles. The molecule has 1 unspecified atom stereocenters. The quantitative estimate of drug-likeness (QED) is 0.857. The number of hydrogen-bond donors (Lipinski definition) is 1. The predicted molar refractivity (Wildman–Crippen MR) is 77.9 cm³/mol. The number of hydrogen-bond acceptors (Lipinski definition) is 4. The van der Waals surface area contributed by atoms with Crippen LogP contribution in [0.15, 0.2) is 24.3 Å². The highest BCUT2D eigenvalue weighted by molar-refractivity contribution is 5.26. The Morgan fingerprint density at radius 2 is 2.00 bits per heavy atom. The maximum absolute atomic E-state index is 5.91. The Labute approximate surface area is 116 Å². The maximum atomic E-state index is 5.91. The summed E-state index contributed by atoms with van der Waals surface area (Å²) < 4.78 is 5.28. The zero-order chi connectivity index (χ0) is 13.7. The second-order valence-corrected chi connectivity index (χ2v) is 5.32. The highest BCUT2D eigenvalue weighted by atomic mass is 16.5. The number of rotatable bonds is 5. The van der Waals surface area contributed by atoms with Gasteiger partial charge in [0.25, 0.3) is 0 Å². The van der Waals surface area contributed by atoms with E-state index in [1.807, 2.05) is 0 Å². The lowest BCUT2D eigenvalue weighted by molar-refractivity contribution is 0.0871. The molecule has 4 nitrogen and oxygen atoms in total. The molecular weight excluding hydrogens is 238 g/mol. The van der Waals surface area contributed by atoms with Gasteiger partial charge in [0.15, 0.2) is 0 Å². The number of benzene rings is 1. The van der Waals surface area contributed by atoms with Crippen LogP contribution in [0.3, 0.4) is 0 Å². The summed E-state index contributed by atoms with van der Waals surface area (Å²) in [6, 6.07) is 8.96. The van der Waals surface area contributed by atoms with Gasteiger partial charge in [-0.3, -0.25) is 4.90 Å². The first-order valence-corrected chi connectivity index (χ1v) is 6.93. The molecular formula is C15H25N3O. The van der Waals surface area contributed by atoms with Crippen molar-refractivity contribution in [1.29, 1.82) is 0 Å². The summed E-state index contributed by atoms with van der Waals surface area (Å²) >= 11 is 0. The molecule has 2 rings (SSSR count). The Morgan fingerprint density at radius 3 is 2.68 bits per heavy atom. The summed E-state index contributed by atoms with van der Waals surface area (Å²) in [7, 11) is 3.91. The van der Waals surface area contributed by atoms with Gasteiger partial charge in [-0.1, -0.05) is 24.3 Å². The van der Waals surface area contributed by atoms with Gasteiger partial charge in [0.2, 0.25) is 0 Å². The molecule has 1 aromatic rings. The second-order valence-electron chi connectivity index (χ2n) is 5.32. The normalized spacial score (nSPS) is 21.7. The third kappa shape index (κ3) is 3.76. The molecule has 0 saturated carbocycles. The fourth-order valence-corrected chi connectivity index (χ4v) is 2.71. The molecule has 2 N–H and O–H groups in total. The minimum atomic E-state index is 0.453. The summed E-state index contributed by atoms with van der Waals surface area (Å²) in [4.78, 5) is 4.85. The van der Waals surface area contributed by atoms with Crippen LogP contribution in [-0.2, 0) is 17.9 Å². The van der Waals surface area contributed by atoms with Crippen LogP contribution in [0.2, 0.25) is 0 Å². The molecule has 1 fully saturated rings. The maximum Gasteiger partial charge on any atom is 0.0716 e. The minimum absolute atomic E-state index is 0.453. The molecule has 1 atom stereocenters. The first-order valence-electron chi connectivity index (χ1n) is 6.93. The van der Waals surface area contributed by atoms with Gasteiger partial charge in [0.1, 0.15) is 0 Å². The third-order valence-electron chi connectivity index (χ3n) is 3.87. The van der Waals surface area contributed by atoms with Gasteiger partial charge in [-0.05, 0) is 18.2 Å². The van der Waals surface area contributed by atoms with Crippen LogP contribution in [0.5, 0.6) is 0 Å². The molecule has 0 spiro atoms. The Bertz CT molecular complexity index is 397. The number of nitrogens with zero attached hydrogens (tertiary/aromatic N) is 2. The molecule has 106 valence electrons. The van der Waals surface area contributed by atoms with Gasteiger partial charge in [0.05, 0.1) is 6.61 Å². The molecule has 1 aliphatic heterocycles. The summed E-state index contributed by atoms with van der Waals surface area (Å²) in [6.45, 7) is 5.62. The zero-order valence-corrected chi connectivity index (χ0v) is 12.0. The number of methoxy groups -OCH3 is 1. The lowest BCUT2D eigenvalue weighted by atomic mass is 10.1. The number of nitrogens with two attached hydrogens (primary N) is 1. The Hall–Kier alpha value is -0.940. The smallest absolute Gasteiger partial charge is 0.0716 e. The van der Waals surface area contributed by atoms with E-state index in [2.05, 4.69) is 41.1 Å². The monoisotopic (exact) mass is 263 g/mol. The molecule has 0 bridgehead atoms. The summed E-state index contributed by atoms with van der Waals surface area (Å²) in [6.07, 6.45) is 0. The lowest BCUT2D eigenvalue weighted by Gasteiger charge is -2.39. The standard InChI is InChI=1S/C15H25N3O/c1-17-7-8-18(15(9-16)11-17)10-13-5-3-4-6-14(13)12-19-2/h3-6,15H,7-12,16H2,1-2H3. The van der Waals surface area contributed by atoms with Gasteiger partial charge in [-0.25, -0.2) is 0 Å². The van der Waals surface area contributed by atoms with Gasteiger partial charge >= 0.3 is 0 Å². The van der Waals surface area contributed by atoms with E-state index in [0.717, 1.165) is 32.7 Å². The van der Waals surface area contributed by atoms with Crippen LogP contribution >= 0.6 is 0 Å². The van der Waals surface area contributed by atoms with Crippen LogP contribution in [0.25, 0.3) is 0 Å². The van der Waals surface area contributed by atoms with Crippen molar-refractivity contribution in [3.63, 3.8) is 0 Å². The second kappa shape index (κ2) is 7.01. The van der Waals surface area contributed by atoms with E-state index in [0.29, 0.717) is 12.6 Å². The highest BCUT2D eigenvalue weighted by Crippen LogP contribution is 2.16. The van der Waals surface area contributed by atoms with Crippen molar-refractivity contribution in [2.45, 2.75) is 19.2 Å². The molecule has 4 heteroatoms. The molecule has 0 aliphatic carbocycles. The van der Waals surface area contributed by atoms with E-state index >= 15 is 0 Å². The van der Waals surface area contributed by atoms with Crippen molar-refractivity contribution in [3.05, 3.63) is 35.4 Å². The number of likely N-dealkylation sites (N-methyl/N-ethyl adjacent to an activating group) is 1. The number of ether oxygens (including phenoxy) is 1. The first-order chi connectivity index (χ1) is 9.24. The van der Waals surface area contributed by atoms with E-state index in [-0.39, 0.29) is 0 Å². The summed E-state index contributed by atoms with van der Waals surface area (Å²) in [5, 5.41) is 0. The Balaban J connectivity index is 2.07. The molecule has 1 aliphatic rings.